The van der Waals surface area contributed by atoms with Gasteiger partial charge in [0.15, 0.2) is 0 Å². The first-order chi connectivity index (χ1) is 8.43. The van der Waals surface area contributed by atoms with Crippen LogP contribution in [-0.4, -0.2) is 34.3 Å². The van der Waals surface area contributed by atoms with Gasteiger partial charge >= 0.3 is 0 Å². The standard InChI is InChI=1S/C14H19N3/c1-4-8-16(9-5-1)10-11-17-14-7-3-2-6-13(14)12-15-17/h2-3,6-7,12H,1,4-5,8-11H2. The Hall–Kier alpha value is -1.35. The first-order valence-corrected chi connectivity index (χ1v) is 6.56. The molecule has 0 N–H and O–H groups in total. The van der Waals surface area contributed by atoms with Crippen LogP contribution in [0.2, 0.25) is 0 Å². The van der Waals surface area contributed by atoms with Crippen LogP contribution in [-0.2, 0) is 6.54 Å². The number of fused-ring (bicyclic) bond motifs is 1. The van der Waals surface area contributed by atoms with E-state index in [0.717, 1.165) is 13.1 Å². The van der Waals surface area contributed by atoms with Gasteiger partial charge in [-0.05, 0) is 32.0 Å². The van der Waals surface area contributed by atoms with Crippen LogP contribution in [0, 0.1) is 0 Å². The summed E-state index contributed by atoms with van der Waals surface area (Å²) < 4.78 is 2.13. The first kappa shape index (κ1) is 10.8. The van der Waals surface area contributed by atoms with Gasteiger partial charge in [0, 0.05) is 11.9 Å². The van der Waals surface area contributed by atoms with Gasteiger partial charge in [0.25, 0.3) is 0 Å². The van der Waals surface area contributed by atoms with Gasteiger partial charge < -0.3 is 4.90 Å². The summed E-state index contributed by atoms with van der Waals surface area (Å²) in [5, 5.41) is 5.71. The molecule has 0 unspecified atom stereocenters. The molecule has 3 rings (SSSR count). The zero-order valence-corrected chi connectivity index (χ0v) is 10.2. The first-order valence-electron chi connectivity index (χ1n) is 6.56. The van der Waals surface area contributed by atoms with Crippen LogP contribution in [0.5, 0.6) is 0 Å². The molecule has 90 valence electrons. The van der Waals surface area contributed by atoms with Gasteiger partial charge in [0.2, 0.25) is 0 Å². The molecule has 0 spiro atoms. The molecular formula is C14H19N3. The summed E-state index contributed by atoms with van der Waals surface area (Å²) >= 11 is 0. The van der Waals surface area contributed by atoms with Crippen molar-refractivity contribution in [1.82, 2.24) is 14.7 Å². The minimum Gasteiger partial charge on any atom is -0.301 e. The maximum atomic E-state index is 4.47. The van der Waals surface area contributed by atoms with Crippen molar-refractivity contribution in [3.8, 4) is 0 Å². The molecule has 1 aromatic heterocycles. The van der Waals surface area contributed by atoms with Gasteiger partial charge in [-0.25, -0.2) is 0 Å². The number of hydrogen-bond acceptors (Lipinski definition) is 2. The molecule has 2 heterocycles. The van der Waals surface area contributed by atoms with Gasteiger partial charge in [-0.3, -0.25) is 4.68 Å². The topological polar surface area (TPSA) is 21.1 Å². The van der Waals surface area contributed by atoms with Crippen LogP contribution >= 0.6 is 0 Å². The lowest BCUT2D eigenvalue weighted by Gasteiger charge is -2.26. The molecule has 1 aromatic carbocycles. The minimum absolute atomic E-state index is 1.01. The second-order valence-electron chi connectivity index (χ2n) is 4.83. The fourth-order valence-corrected chi connectivity index (χ4v) is 2.62. The van der Waals surface area contributed by atoms with Gasteiger partial charge in [0.05, 0.1) is 18.3 Å². The molecule has 3 heteroatoms. The van der Waals surface area contributed by atoms with E-state index < -0.39 is 0 Å². The van der Waals surface area contributed by atoms with Crippen LogP contribution in [0.3, 0.4) is 0 Å². The van der Waals surface area contributed by atoms with Crippen LogP contribution < -0.4 is 0 Å². The lowest BCUT2D eigenvalue weighted by atomic mass is 10.1. The number of piperidine rings is 1. The van der Waals surface area contributed by atoms with Gasteiger partial charge in [-0.1, -0.05) is 24.6 Å². The number of rotatable bonds is 3. The molecular weight excluding hydrogens is 210 g/mol. The molecule has 1 aliphatic heterocycles. The SMILES string of the molecule is c1ccc2c(c1)cnn2CCN1CCCCC1. The summed E-state index contributed by atoms with van der Waals surface area (Å²) in [6.45, 7) is 4.66. The molecule has 2 aromatic rings. The van der Waals surface area contributed by atoms with E-state index in [1.807, 2.05) is 6.20 Å². The Morgan fingerprint density at radius 2 is 1.82 bits per heavy atom. The maximum Gasteiger partial charge on any atom is 0.0682 e. The number of likely N-dealkylation sites (tertiary alicyclic amines) is 1. The monoisotopic (exact) mass is 229 g/mol. The maximum absolute atomic E-state index is 4.47. The molecule has 1 fully saturated rings. The lowest BCUT2D eigenvalue weighted by molar-refractivity contribution is 0.219. The number of aromatic nitrogens is 2. The van der Waals surface area contributed by atoms with Crippen LogP contribution in [0.25, 0.3) is 10.9 Å². The second kappa shape index (κ2) is 4.88. The Labute approximate surface area is 102 Å². The fraction of sp³-hybridized carbons (Fsp3) is 0.500. The molecule has 0 saturated carbocycles. The van der Waals surface area contributed by atoms with E-state index in [0.29, 0.717) is 0 Å². The van der Waals surface area contributed by atoms with Crippen molar-refractivity contribution in [2.24, 2.45) is 0 Å². The van der Waals surface area contributed by atoms with E-state index in [9.17, 15) is 0 Å². The summed E-state index contributed by atoms with van der Waals surface area (Å²) in [7, 11) is 0. The number of hydrogen-bond donors (Lipinski definition) is 0. The average Bonchev–Trinajstić information content (AvgIpc) is 2.81. The summed E-state index contributed by atoms with van der Waals surface area (Å²) in [5.41, 5.74) is 1.25. The Balaban J connectivity index is 1.68. The molecule has 0 bridgehead atoms. The van der Waals surface area contributed by atoms with E-state index in [4.69, 9.17) is 0 Å². The minimum atomic E-state index is 1.01. The Bertz CT molecular complexity index is 483. The summed E-state index contributed by atoms with van der Waals surface area (Å²) in [4.78, 5) is 2.56. The Morgan fingerprint density at radius 1 is 1.00 bits per heavy atom. The van der Waals surface area contributed by atoms with E-state index in [2.05, 4.69) is 38.9 Å². The fourth-order valence-electron chi connectivity index (χ4n) is 2.62. The molecule has 0 radical (unpaired) electrons. The van der Waals surface area contributed by atoms with Gasteiger partial charge in [-0.2, -0.15) is 5.10 Å². The highest BCUT2D eigenvalue weighted by atomic mass is 15.3. The van der Waals surface area contributed by atoms with E-state index in [1.54, 1.807) is 0 Å². The molecule has 0 amide bonds. The third kappa shape index (κ3) is 2.34. The smallest absolute Gasteiger partial charge is 0.0682 e. The Kier molecular flexibility index (Phi) is 3.10. The van der Waals surface area contributed by atoms with Crippen LogP contribution in [0.15, 0.2) is 30.5 Å². The van der Waals surface area contributed by atoms with Crippen molar-refractivity contribution in [1.29, 1.82) is 0 Å². The number of para-hydroxylation sites is 1. The molecule has 1 aliphatic rings. The normalized spacial score (nSPS) is 17.6. The third-order valence-corrected chi connectivity index (χ3v) is 3.63. The average molecular weight is 229 g/mol. The van der Waals surface area contributed by atoms with E-state index in [1.165, 1.54) is 43.3 Å². The predicted octanol–water partition coefficient (Wildman–Crippen LogP) is 2.52. The van der Waals surface area contributed by atoms with Crippen molar-refractivity contribution >= 4 is 10.9 Å². The van der Waals surface area contributed by atoms with Crippen molar-refractivity contribution in [2.75, 3.05) is 19.6 Å². The summed E-state index contributed by atoms with van der Waals surface area (Å²) in [6, 6.07) is 8.43. The molecule has 17 heavy (non-hydrogen) atoms. The summed E-state index contributed by atoms with van der Waals surface area (Å²) in [6.07, 6.45) is 6.09. The van der Waals surface area contributed by atoms with Crippen molar-refractivity contribution in [3.63, 3.8) is 0 Å². The largest absolute Gasteiger partial charge is 0.301 e. The lowest BCUT2D eigenvalue weighted by Crippen LogP contribution is -2.32. The second-order valence-corrected chi connectivity index (χ2v) is 4.83. The highest BCUT2D eigenvalue weighted by Gasteiger charge is 2.10. The third-order valence-electron chi connectivity index (χ3n) is 3.63. The van der Waals surface area contributed by atoms with E-state index in [-0.39, 0.29) is 0 Å². The number of nitrogens with zero attached hydrogens (tertiary/aromatic N) is 3. The van der Waals surface area contributed by atoms with Crippen LogP contribution in [0.4, 0.5) is 0 Å². The number of benzene rings is 1. The molecule has 1 saturated heterocycles. The molecule has 0 atom stereocenters. The molecule has 0 aliphatic carbocycles. The van der Waals surface area contributed by atoms with Crippen molar-refractivity contribution in [3.05, 3.63) is 30.5 Å². The summed E-state index contributed by atoms with van der Waals surface area (Å²) in [5.74, 6) is 0. The Morgan fingerprint density at radius 3 is 2.71 bits per heavy atom. The predicted molar refractivity (Wildman–Crippen MR) is 70.0 cm³/mol. The van der Waals surface area contributed by atoms with Crippen molar-refractivity contribution < 1.29 is 0 Å². The highest BCUT2D eigenvalue weighted by Crippen LogP contribution is 2.13. The molecule has 3 nitrogen and oxygen atoms in total. The van der Waals surface area contributed by atoms with Gasteiger partial charge in [-0.15, -0.1) is 0 Å². The van der Waals surface area contributed by atoms with E-state index >= 15 is 0 Å². The van der Waals surface area contributed by atoms with Crippen molar-refractivity contribution in [2.45, 2.75) is 25.8 Å². The quantitative estimate of drug-likeness (QED) is 0.806. The highest BCUT2D eigenvalue weighted by molar-refractivity contribution is 5.78. The van der Waals surface area contributed by atoms with Crippen LogP contribution in [0.1, 0.15) is 19.3 Å². The zero-order valence-electron chi connectivity index (χ0n) is 10.2. The zero-order chi connectivity index (χ0) is 11.5. The van der Waals surface area contributed by atoms with Gasteiger partial charge in [0.1, 0.15) is 0 Å².